The van der Waals surface area contributed by atoms with Gasteiger partial charge in [-0.25, -0.2) is 0 Å². The number of rotatable bonds is 3. The van der Waals surface area contributed by atoms with Gasteiger partial charge >= 0.3 is 0 Å². The molecule has 2 atom stereocenters. The fourth-order valence-electron chi connectivity index (χ4n) is 2.71. The minimum Gasteiger partial charge on any atom is -0.339 e. The molecule has 1 aromatic rings. The Morgan fingerprint density at radius 2 is 2.25 bits per heavy atom. The van der Waals surface area contributed by atoms with E-state index in [4.69, 9.17) is 10.3 Å². The van der Waals surface area contributed by atoms with Crippen molar-refractivity contribution < 1.29 is 4.52 Å². The van der Waals surface area contributed by atoms with Gasteiger partial charge < -0.3 is 10.3 Å². The van der Waals surface area contributed by atoms with Gasteiger partial charge in [0.05, 0.1) is 5.41 Å². The zero-order valence-electron chi connectivity index (χ0n) is 9.78. The van der Waals surface area contributed by atoms with Crippen molar-refractivity contribution in [1.82, 2.24) is 10.1 Å². The lowest BCUT2D eigenvalue weighted by Crippen LogP contribution is -2.20. The predicted octanol–water partition coefficient (Wildman–Crippen LogP) is 1.96. The van der Waals surface area contributed by atoms with Crippen LogP contribution in [0.4, 0.5) is 0 Å². The van der Waals surface area contributed by atoms with Crippen molar-refractivity contribution in [2.75, 3.05) is 6.54 Å². The Morgan fingerprint density at radius 3 is 2.81 bits per heavy atom. The van der Waals surface area contributed by atoms with Crippen LogP contribution >= 0.6 is 0 Å². The van der Waals surface area contributed by atoms with Crippen LogP contribution in [0, 0.1) is 5.92 Å². The first-order valence-electron chi connectivity index (χ1n) is 6.28. The maximum atomic E-state index is 5.76. The molecule has 88 valence electrons. The highest BCUT2D eigenvalue weighted by Crippen LogP contribution is 2.47. The first kappa shape index (κ1) is 10.3. The molecule has 3 rings (SSSR count). The third-order valence-electron chi connectivity index (χ3n) is 4.20. The second-order valence-electron chi connectivity index (χ2n) is 5.56. The first-order chi connectivity index (χ1) is 7.73. The standard InChI is InChI=1S/C12H19N3O/c1-8-2-3-9(6-8)10-14-11(16-15-10)12(7-13)4-5-12/h8-9H,2-7,13H2,1H3. The molecular weight excluding hydrogens is 202 g/mol. The van der Waals surface area contributed by atoms with Gasteiger partial charge in [0.15, 0.2) is 5.82 Å². The lowest BCUT2D eigenvalue weighted by molar-refractivity contribution is 0.341. The summed E-state index contributed by atoms with van der Waals surface area (Å²) < 4.78 is 5.39. The molecule has 4 nitrogen and oxygen atoms in total. The summed E-state index contributed by atoms with van der Waals surface area (Å²) in [6.45, 7) is 2.93. The maximum absolute atomic E-state index is 5.76. The highest BCUT2D eigenvalue weighted by Gasteiger charge is 2.48. The van der Waals surface area contributed by atoms with Crippen molar-refractivity contribution in [2.45, 2.75) is 50.4 Å². The normalized spacial score (nSPS) is 31.9. The quantitative estimate of drug-likeness (QED) is 0.847. The average Bonchev–Trinajstić information content (AvgIpc) is 2.74. The van der Waals surface area contributed by atoms with Crippen LogP contribution < -0.4 is 5.73 Å². The Bertz CT molecular complexity index is 383. The summed E-state index contributed by atoms with van der Waals surface area (Å²) in [5, 5.41) is 4.15. The second-order valence-corrected chi connectivity index (χ2v) is 5.56. The molecular formula is C12H19N3O. The van der Waals surface area contributed by atoms with Gasteiger partial charge in [0.25, 0.3) is 0 Å². The van der Waals surface area contributed by atoms with Gasteiger partial charge in [0, 0.05) is 12.5 Å². The molecule has 4 heteroatoms. The van der Waals surface area contributed by atoms with E-state index in [0.717, 1.165) is 30.5 Å². The third kappa shape index (κ3) is 1.56. The Morgan fingerprint density at radius 1 is 1.44 bits per heavy atom. The molecule has 0 radical (unpaired) electrons. The molecule has 2 fully saturated rings. The number of hydrogen-bond acceptors (Lipinski definition) is 4. The van der Waals surface area contributed by atoms with Crippen LogP contribution in [0.15, 0.2) is 4.52 Å². The maximum Gasteiger partial charge on any atom is 0.234 e. The van der Waals surface area contributed by atoms with Gasteiger partial charge in [-0.1, -0.05) is 12.1 Å². The molecule has 1 heterocycles. The largest absolute Gasteiger partial charge is 0.339 e. The van der Waals surface area contributed by atoms with E-state index < -0.39 is 0 Å². The third-order valence-corrected chi connectivity index (χ3v) is 4.20. The summed E-state index contributed by atoms with van der Waals surface area (Å²) in [4.78, 5) is 4.57. The molecule has 0 saturated heterocycles. The minimum atomic E-state index is 0.0372. The Balaban J connectivity index is 1.78. The summed E-state index contributed by atoms with van der Waals surface area (Å²) in [6, 6.07) is 0. The lowest BCUT2D eigenvalue weighted by Gasteiger charge is -2.04. The molecule has 0 amide bonds. The number of aromatic nitrogens is 2. The van der Waals surface area contributed by atoms with E-state index in [-0.39, 0.29) is 5.41 Å². The molecule has 0 aromatic carbocycles. The zero-order chi connectivity index (χ0) is 11.2. The predicted molar refractivity (Wildman–Crippen MR) is 60.0 cm³/mol. The van der Waals surface area contributed by atoms with Crippen LogP contribution in [0.2, 0.25) is 0 Å². The number of nitrogens with two attached hydrogens (primary N) is 1. The zero-order valence-corrected chi connectivity index (χ0v) is 9.78. The van der Waals surface area contributed by atoms with Crippen molar-refractivity contribution in [3.8, 4) is 0 Å². The Labute approximate surface area is 95.6 Å². The van der Waals surface area contributed by atoms with E-state index in [0.29, 0.717) is 12.5 Å². The smallest absolute Gasteiger partial charge is 0.234 e. The molecule has 0 aliphatic heterocycles. The van der Waals surface area contributed by atoms with Crippen molar-refractivity contribution in [3.05, 3.63) is 11.7 Å². The molecule has 2 N–H and O–H groups in total. The lowest BCUT2D eigenvalue weighted by atomic mass is 10.1. The topological polar surface area (TPSA) is 64.9 Å². The van der Waals surface area contributed by atoms with Crippen molar-refractivity contribution in [1.29, 1.82) is 0 Å². The van der Waals surface area contributed by atoms with Crippen LogP contribution in [0.3, 0.4) is 0 Å². The molecule has 2 saturated carbocycles. The first-order valence-corrected chi connectivity index (χ1v) is 6.28. The van der Waals surface area contributed by atoms with Crippen LogP contribution in [-0.2, 0) is 5.41 Å². The van der Waals surface area contributed by atoms with Gasteiger partial charge in [0.1, 0.15) is 0 Å². The van der Waals surface area contributed by atoms with Crippen LogP contribution in [0.5, 0.6) is 0 Å². The molecule has 0 spiro atoms. The average molecular weight is 221 g/mol. The second kappa shape index (κ2) is 3.55. The van der Waals surface area contributed by atoms with Crippen molar-refractivity contribution in [2.24, 2.45) is 11.7 Å². The van der Waals surface area contributed by atoms with Gasteiger partial charge in [-0.05, 0) is 38.0 Å². The van der Waals surface area contributed by atoms with E-state index >= 15 is 0 Å². The van der Waals surface area contributed by atoms with E-state index in [1.54, 1.807) is 0 Å². The summed E-state index contributed by atoms with van der Waals surface area (Å²) in [7, 11) is 0. The Hall–Kier alpha value is -0.900. The molecule has 16 heavy (non-hydrogen) atoms. The van der Waals surface area contributed by atoms with Crippen LogP contribution in [0.25, 0.3) is 0 Å². The molecule has 2 aliphatic rings. The Kier molecular flexibility index (Phi) is 2.28. The minimum absolute atomic E-state index is 0.0372. The van der Waals surface area contributed by atoms with E-state index in [1.807, 2.05) is 0 Å². The van der Waals surface area contributed by atoms with E-state index in [9.17, 15) is 0 Å². The molecule has 1 aromatic heterocycles. The van der Waals surface area contributed by atoms with E-state index in [1.165, 1.54) is 19.3 Å². The van der Waals surface area contributed by atoms with Gasteiger partial charge in [-0.3, -0.25) is 0 Å². The monoisotopic (exact) mass is 221 g/mol. The molecule has 2 unspecified atom stereocenters. The number of nitrogens with zero attached hydrogens (tertiary/aromatic N) is 2. The summed E-state index contributed by atoms with van der Waals surface area (Å²) in [6.07, 6.45) is 5.90. The van der Waals surface area contributed by atoms with Gasteiger partial charge in [0.2, 0.25) is 5.89 Å². The summed E-state index contributed by atoms with van der Waals surface area (Å²) >= 11 is 0. The highest BCUT2D eigenvalue weighted by atomic mass is 16.5. The fourth-order valence-corrected chi connectivity index (χ4v) is 2.71. The van der Waals surface area contributed by atoms with Crippen molar-refractivity contribution >= 4 is 0 Å². The SMILES string of the molecule is CC1CCC(c2noc(C3(CN)CC3)n2)C1. The summed E-state index contributed by atoms with van der Waals surface area (Å²) in [5.41, 5.74) is 5.79. The fraction of sp³-hybridized carbons (Fsp3) is 0.833. The van der Waals surface area contributed by atoms with Crippen LogP contribution in [-0.4, -0.2) is 16.7 Å². The van der Waals surface area contributed by atoms with Gasteiger partial charge in [-0.2, -0.15) is 4.98 Å². The van der Waals surface area contributed by atoms with Gasteiger partial charge in [-0.15, -0.1) is 0 Å². The number of hydrogen-bond donors (Lipinski definition) is 1. The molecule has 0 bridgehead atoms. The molecule has 2 aliphatic carbocycles. The van der Waals surface area contributed by atoms with E-state index in [2.05, 4.69) is 17.1 Å². The summed E-state index contributed by atoms with van der Waals surface area (Å²) in [5.74, 6) is 3.01. The van der Waals surface area contributed by atoms with Crippen LogP contribution in [0.1, 0.15) is 56.7 Å². The van der Waals surface area contributed by atoms with Crippen molar-refractivity contribution in [3.63, 3.8) is 0 Å². The highest BCUT2D eigenvalue weighted by molar-refractivity contribution is 5.17.